The third-order valence-corrected chi connectivity index (χ3v) is 4.60. The number of hydrogen-bond acceptors (Lipinski definition) is 2. The number of ether oxygens (including phenoxy) is 1. The molecule has 1 aromatic carbocycles. The Morgan fingerprint density at radius 1 is 1.32 bits per heavy atom. The predicted octanol–water partition coefficient (Wildman–Crippen LogP) is 4.39. The van der Waals surface area contributed by atoms with E-state index in [1.807, 2.05) is 24.3 Å². The molecule has 0 spiro atoms. The maximum absolute atomic E-state index is 5.90. The molecule has 0 amide bonds. The van der Waals surface area contributed by atoms with E-state index in [0.29, 0.717) is 5.41 Å². The molecule has 1 aromatic rings. The fraction of sp³-hybridized carbons (Fsp3) is 0.625. The van der Waals surface area contributed by atoms with Crippen molar-refractivity contribution in [1.82, 2.24) is 5.32 Å². The van der Waals surface area contributed by atoms with Gasteiger partial charge >= 0.3 is 0 Å². The molecule has 1 fully saturated rings. The maximum atomic E-state index is 5.90. The third kappa shape index (κ3) is 4.50. The molecule has 19 heavy (non-hydrogen) atoms. The zero-order valence-electron chi connectivity index (χ0n) is 11.8. The lowest BCUT2D eigenvalue weighted by molar-refractivity contribution is 0.193. The fourth-order valence-electron chi connectivity index (χ4n) is 2.97. The van der Waals surface area contributed by atoms with E-state index in [9.17, 15) is 0 Å². The van der Waals surface area contributed by atoms with Crippen LogP contribution in [0.2, 0.25) is 0 Å². The Labute approximate surface area is 125 Å². The largest absolute Gasteiger partial charge is 0.494 e. The average molecular weight is 326 g/mol. The summed E-state index contributed by atoms with van der Waals surface area (Å²) >= 11 is 3.48. The summed E-state index contributed by atoms with van der Waals surface area (Å²) in [6, 6.07) is 8.10. The van der Waals surface area contributed by atoms with Crippen LogP contribution in [0.25, 0.3) is 0 Å². The third-order valence-electron chi connectivity index (χ3n) is 4.11. The Balaban J connectivity index is 1.82. The van der Waals surface area contributed by atoms with Crippen molar-refractivity contribution in [2.75, 3.05) is 19.7 Å². The van der Waals surface area contributed by atoms with Gasteiger partial charge in [0.1, 0.15) is 5.75 Å². The number of hydrogen-bond donors (Lipinski definition) is 1. The van der Waals surface area contributed by atoms with E-state index in [4.69, 9.17) is 4.74 Å². The smallest absolute Gasteiger partial charge is 0.120 e. The highest BCUT2D eigenvalue weighted by atomic mass is 79.9. The van der Waals surface area contributed by atoms with Crippen LogP contribution in [0.1, 0.15) is 39.0 Å². The summed E-state index contributed by atoms with van der Waals surface area (Å²) in [7, 11) is 0. The SMILES string of the molecule is CCNCC1(CCOc2cccc(Br)c2)CCCC1. The van der Waals surface area contributed by atoms with Crippen LogP contribution < -0.4 is 10.1 Å². The zero-order chi connectivity index (χ0) is 13.6. The Morgan fingerprint density at radius 3 is 2.79 bits per heavy atom. The molecular formula is C16H24BrNO. The minimum Gasteiger partial charge on any atom is -0.494 e. The number of rotatable bonds is 7. The van der Waals surface area contributed by atoms with Gasteiger partial charge in [-0.15, -0.1) is 0 Å². The summed E-state index contributed by atoms with van der Waals surface area (Å²) in [4.78, 5) is 0. The minimum atomic E-state index is 0.474. The number of nitrogens with one attached hydrogen (secondary N) is 1. The van der Waals surface area contributed by atoms with Gasteiger partial charge in [-0.1, -0.05) is 41.8 Å². The van der Waals surface area contributed by atoms with Crippen molar-refractivity contribution in [3.8, 4) is 5.75 Å². The van der Waals surface area contributed by atoms with E-state index in [-0.39, 0.29) is 0 Å². The Hall–Kier alpha value is -0.540. The van der Waals surface area contributed by atoms with Crippen LogP contribution in [-0.2, 0) is 0 Å². The molecule has 0 saturated heterocycles. The highest BCUT2D eigenvalue weighted by molar-refractivity contribution is 9.10. The lowest BCUT2D eigenvalue weighted by atomic mass is 9.83. The molecule has 1 saturated carbocycles. The molecule has 0 unspecified atom stereocenters. The molecule has 0 heterocycles. The molecule has 0 radical (unpaired) electrons. The van der Waals surface area contributed by atoms with E-state index >= 15 is 0 Å². The van der Waals surface area contributed by atoms with Crippen molar-refractivity contribution < 1.29 is 4.74 Å². The maximum Gasteiger partial charge on any atom is 0.120 e. The molecular weight excluding hydrogens is 302 g/mol. The first kappa shape index (κ1) is 14.9. The van der Waals surface area contributed by atoms with Crippen LogP contribution in [0.3, 0.4) is 0 Å². The summed E-state index contributed by atoms with van der Waals surface area (Å²) in [5.74, 6) is 0.964. The fourth-order valence-corrected chi connectivity index (χ4v) is 3.35. The molecule has 1 aliphatic rings. The first-order valence-corrected chi connectivity index (χ1v) is 8.12. The second kappa shape index (κ2) is 7.30. The second-order valence-electron chi connectivity index (χ2n) is 5.54. The van der Waals surface area contributed by atoms with Gasteiger partial charge in [0.05, 0.1) is 6.61 Å². The van der Waals surface area contributed by atoms with Gasteiger partial charge in [-0.25, -0.2) is 0 Å². The van der Waals surface area contributed by atoms with Gasteiger partial charge in [0.2, 0.25) is 0 Å². The van der Waals surface area contributed by atoms with Crippen LogP contribution in [0.4, 0.5) is 0 Å². The molecule has 3 heteroatoms. The monoisotopic (exact) mass is 325 g/mol. The van der Waals surface area contributed by atoms with Crippen molar-refractivity contribution in [3.63, 3.8) is 0 Å². The molecule has 2 rings (SSSR count). The van der Waals surface area contributed by atoms with Crippen molar-refractivity contribution in [2.45, 2.75) is 39.0 Å². The topological polar surface area (TPSA) is 21.3 Å². The molecule has 0 aliphatic heterocycles. The standard InChI is InChI=1S/C16H24BrNO/c1-2-18-13-16(8-3-4-9-16)10-11-19-15-7-5-6-14(17)12-15/h5-7,12,18H,2-4,8-11,13H2,1H3. The van der Waals surface area contributed by atoms with Crippen LogP contribution in [0.15, 0.2) is 28.7 Å². The van der Waals surface area contributed by atoms with E-state index in [1.165, 1.54) is 25.7 Å². The Morgan fingerprint density at radius 2 is 2.11 bits per heavy atom. The lowest BCUT2D eigenvalue weighted by Gasteiger charge is -2.29. The summed E-state index contributed by atoms with van der Waals surface area (Å²) in [6.07, 6.45) is 6.61. The Kier molecular flexibility index (Phi) is 5.71. The van der Waals surface area contributed by atoms with Crippen LogP contribution in [0.5, 0.6) is 5.75 Å². The van der Waals surface area contributed by atoms with Crippen LogP contribution in [0, 0.1) is 5.41 Å². The summed E-state index contributed by atoms with van der Waals surface area (Å²) in [6.45, 7) is 5.21. The van der Waals surface area contributed by atoms with Gasteiger partial charge in [0.15, 0.2) is 0 Å². The van der Waals surface area contributed by atoms with E-state index in [2.05, 4.69) is 28.2 Å². The second-order valence-corrected chi connectivity index (χ2v) is 6.46. The summed E-state index contributed by atoms with van der Waals surface area (Å²) < 4.78 is 6.97. The van der Waals surface area contributed by atoms with E-state index in [0.717, 1.165) is 36.3 Å². The van der Waals surface area contributed by atoms with Gasteiger partial charge in [0.25, 0.3) is 0 Å². The van der Waals surface area contributed by atoms with Gasteiger partial charge in [-0.3, -0.25) is 0 Å². The van der Waals surface area contributed by atoms with Crippen molar-refractivity contribution >= 4 is 15.9 Å². The minimum absolute atomic E-state index is 0.474. The summed E-state index contributed by atoms with van der Waals surface area (Å²) in [5, 5.41) is 3.53. The molecule has 1 N–H and O–H groups in total. The van der Waals surface area contributed by atoms with E-state index in [1.54, 1.807) is 0 Å². The first-order chi connectivity index (χ1) is 9.24. The average Bonchev–Trinajstić information content (AvgIpc) is 2.86. The first-order valence-electron chi connectivity index (χ1n) is 7.33. The van der Waals surface area contributed by atoms with Crippen molar-refractivity contribution in [2.24, 2.45) is 5.41 Å². The normalized spacial score (nSPS) is 17.6. The van der Waals surface area contributed by atoms with Gasteiger partial charge in [-0.2, -0.15) is 0 Å². The van der Waals surface area contributed by atoms with E-state index < -0.39 is 0 Å². The van der Waals surface area contributed by atoms with Crippen molar-refractivity contribution in [3.05, 3.63) is 28.7 Å². The molecule has 0 atom stereocenters. The summed E-state index contributed by atoms with van der Waals surface area (Å²) in [5.41, 5.74) is 0.474. The van der Waals surface area contributed by atoms with Gasteiger partial charge in [0, 0.05) is 11.0 Å². The highest BCUT2D eigenvalue weighted by Gasteiger charge is 2.33. The zero-order valence-corrected chi connectivity index (χ0v) is 13.3. The van der Waals surface area contributed by atoms with Gasteiger partial charge < -0.3 is 10.1 Å². The molecule has 1 aliphatic carbocycles. The number of benzene rings is 1. The quantitative estimate of drug-likeness (QED) is 0.802. The number of halogens is 1. The van der Waals surface area contributed by atoms with Crippen LogP contribution >= 0.6 is 15.9 Å². The van der Waals surface area contributed by atoms with Crippen LogP contribution in [-0.4, -0.2) is 19.7 Å². The predicted molar refractivity (Wildman–Crippen MR) is 83.7 cm³/mol. The lowest BCUT2D eigenvalue weighted by Crippen LogP contribution is -2.33. The molecule has 106 valence electrons. The van der Waals surface area contributed by atoms with Crippen molar-refractivity contribution in [1.29, 1.82) is 0 Å². The highest BCUT2D eigenvalue weighted by Crippen LogP contribution is 2.40. The van der Waals surface area contributed by atoms with Gasteiger partial charge in [-0.05, 0) is 49.4 Å². The molecule has 2 nitrogen and oxygen atoms in total. The Bertz CT molecular complexity index is 388. The molecule has 0 aromatic heterocycles. The molecule has 0 bridgehead atoms.